The number of amides is 1. The first kappa shape index (κ1) is 17.4. The topological polar surface area (TPSA) is 78.7 Å². The Morgan fingerprint density at radius 1 is 1.46 bits per heavy atom. The Labute approximate surface area is 153 Å². The van der Waals surface area contributed by atoms with Crippen LogP contribution in [0.3, 0.4) is 0 Å². The van der Waals surface area contributed by atoms with Crippen LogP contribution in [0, 0.1) is 24.2 Å². The van der Waals surface area contributed by atoms with E-state index in [2.05, 4.69) is 28.5 Å². The van der Waals surface area contributed by atoms with Gasteiger partial charge in [0.1, 0.15) is 16.1 Å². The van der Waals surface area contributed by atoms with Crippen LogP contribution in [0.1, 0.15) is 40.8 Å². The number of hydrogen-bond acceptors (Lipinski definition) is 7. The van der Waals surface area contributed by atoms with E-state index in [-0.39, 0.29) is 11.7 Å². The summed E-state index contributed by atoms with van der Waals surface area (Å²) >= 11 is 4.43. The van der Waals surface area contributed by atoms with Gasteiger partial charge in [-0.2, -0.15) is 5.26 Å². The van der Waals surface area contributed by atoms with Gasteiger partial charge in [0.05, 0.1) is 11.3 Å². The summed E-state index contributed by atoms with van der Waals surface area (Å²) in [6.07, 6.45) is 4.27. The van der Waals surface area contributed by atoms with Gasteiger partial charge in [-0.05, 0) is 37.7 Å². The molecule has 1 N–H and O–H groups in total. The Bertz CT molecular complexity index is 790. The highest BCUT2D eigenvalue weighted by Crippen LogP contribution is 2.40. The molecule has 1 atom stereocenters. The summed E-state index contributed by atoms with van der Waals surface area (Å²) in [7, 11) is 0. The molecule has 24 heavy (non-hydrogen) atoms. The lowest BCUT2D eigenvalue weighted by molar-refractivity contribution is -0.113. The third-order valence-corrected chi connectivity index (χ3v) is 7.29. The smallest absolute Gasteiger partial charge is 0.235 e. The van der Waals surface area contributed by atoms with Crippen molar-refractivity contribution in [3.05, 3.63) is 21.0 Å². The van der Waals surface area contributed by atoms with Gasteiger partial charge in [-0.25, -0.2) is 0 Å². The quantitative estimate of drug-likeness (QED) is 0.795. The number of anilines is 1. The van der Waals surface area contributed by atoms with E-state index < -0.39 is 0 Å². The van der Waals surface area contributed by atoms with Crippen molar-refractivity contribution in [3.63, 3.8) is 0 Å². The molecule has 0 aromatic carbocycles. The van der Waals surface area contributed by atoms with Crippen molar-refractivity contribution < 1.29 is 4.79 Å². The number of carbonyl (C=O) groups excluding carboxylic acids is 1. The highest BCUT2D eigenvalue weighted by molar-refractivity contribution is 8.01. The first-order valence-electron chi connectivity index (χ1n) is 7.88. The first-order chi connectivity index (χ1) is 11.6. The summed E-state index contributed by atoms with van der Waals surface area (Å²) in [5.74, 6) is 0.872. The van der Waals surface area contributed by atoms with Crippen molar-refractivity contribution in [2.75, 3.05) is 11.1 Å². The SMILES string of the molecule is CC[C@H]1CCc2c(sc(NC(=O)CSc3nnc(C)s3)c2C#N)C1. The summed E-state index contributed by atoms with van der Waals surface area (Å²) in [4.78, 5) is 13.5. The zero-order chi connectivity index (χ0) is 17.1. The molecule has 0 saturated heterocycles. The minimum atomic E-state index is -0.102. The lowest BCUT2D eigenvalue weighted by atomic mass is 9.86. The molecule has 1 aliphatic carbocycles. The van der Waals surface area contributed by atoms with Crippen LogP contribution in [-0.2, 0) is 17.6 Å². The third-order valence-electron chi connectivity index (χ3n) is 4.14. The molecule has 1 aliphatic rings. The van der Waals surface area contributed by atoms with Gasteiger partial charge in [0, 0.05) is 4.88 Å². The molecule has 0 fully saturated rings. The van der Waals surface area contributed by atoms with Crippen LogP contribution in [0.5, 0.6) is 0 Å². The number of fused-ring (bicyclic) bond motifs is 1. The summed E-state index contributed by atoms with van der Waals surface area (Å²) in [6, 6.07) is 2.29. The van der Waals surface area contributed by atoms with E-state index in [1.54, 1.807) is 11.3 Å². The molecule has 0 aliphatic heterocycles. The lowest BCUT2D eigenvalue weighted by Gasteiger charge is -2.20. The molecule has 2 heterocycles. The molecule has 0 bridgehead atoms. The average molecular weight is 379 g/mol. The second-order valence-corrected chi connectivity index (χ2v) is 9.27. The Balaban J connectivity index is 1.67. The van der Waals surface area contributed by atoms with Crippen LogP contribution >= 0.6 is 34.4 Å². The van der Waals surface area contributed by atoms with Gasteiger partial charge < -0.3 is 5.32 Å². The van der Waals surface area contributed by atoms with Gasteiger partial charge in [-0.1, -0.05) is 36.4 Å². The molecule has 1 amide bonds. The van der Waals surface area contributed by atoms with E-state index in [0.29, 0.717) is 16.5 Å². The van der Waals surface area contributed by atoms with E-state index in [9.17, 15) is 10.1 Å². The highest BCUT2D eigenvalue weighted by Gasteiger charge is 2.25. The number of nitrogens with zero attached hydrogens (tertiary/aromatic N) is 3. The number of rotatable bonds is 5. The molecule has 0 radical (unpaired) electrons. The van der Waals surface area contributed by atoms with Crippen LogP contribution in [0.25, 0.3) is 0 Å². The fraction of sp³-hybridized carbons (Fsp3) is 0.500. The molecular formula is C16H18N4OS3. The molecule has 126 valence electrons. The second kappa shape index (κ2) is 7.64. The van der Waals surface area contributed by atoms with Gasteiger partial charge in [0.15, 0.2) is 4.34 Å². The van der Waals surface area contributed by atoms with Gasteiger partial charge in [0.25, 0.3) is 0 Å². The molecule has 5 nitrogen and oxygen atoms in total. The average Bonchev–Trinajstić information content (AvgIpc) is 3.14. The maximum absolute atomic E-state index is 12.2. The maximum Gasteiger partial charge on any atom is 0.235 e. The number of aromatic nitrogens is 2. The van der Waals surface area contributed by atoms with Gasteiger partial charge in [0.2, 0.25) is 5.91 Å². The number of thiophene rings is 1. The number of carbonyl (C=O) groups is 1. The number of nitriles is 1. The zero-order valence-corrected chi connectivity index (χ0v) is 16.0. The van der Waals surface area contributed by atoms with Crippen molar-refractivity contribution in [2.45, 2.75) is 43.9 Å². The number of thioether (sulfide) groups is 1. The van der Waals surface area contributed by atoms with Crippen molar-refractivity contribution in [1.29, 1.82) is 5.26 Å². The summed E-state index contributed by atoms with van der Waals surface area (Å²) in [6.45, 7) is 4.10. The summed E-state index contributed by atoms with van der Waals surface area (Å²) in [5, 5.41) is 22.0. The van der Waals surface area contributed by atoms with Crippen molar-refractivity contribution >= 4 is 45.3 Å². The van der Waals surface area contributed by atoms with E-state index in [1.807, 2.05) is 6.92 Å². The molecular weight excluding hydrogens is 360 g/mol. The molecule has 2 aromatic heterocycles. The Morgan fingerprint density at radius 2 is 2.29 bits per heavy atom. The minimum absolute atomic E-state index is 0.102. The van der Waals surface area contributed by atoms with Crippen molar-refractivity contribution in [1.82, 2.24) is 10.2 Å². The molecule has 2 aromatic rings. The predicted octanol–water partition coefficient (Wildman–Crippen LogP) is 4.03. The highest BCUT2D eigenvalue weighted by atomic mass is 32.2. The van der Waals surface area contributed by atoms with E-state index >= 15 is 0 Å². The monoisotopic (exact) mass is 378 g/mol. The molecule has 0 spiro atoms. The van der Waals surface area contributed by atoms with E-state index in [1.165, 1.54) is 34.4 Å². The van der Waals surface area contributed by atoms with Gasteiger partial charge >= 0.3 is 0 Å². The zero-order valence-electron chi connectivity index (χ0n) is 13.6. The van der Waals surface area contributed by atoms with Crippen LogP contribution < -0.4 is 5.32 Å². The molecule has 0 saturated carbocycles. The Hall–Kier alpha value is -1.43. The number of hydrogen-bond donors (Lipinski definition) is 1. The largest absolute Gasteiger partial charge is 0.316 e. The van der Waals surface area contributed by atoms with E-state index in [4.69, 9.17) is 0 Å². The fourth-order valence-electron chi connectivity index (χ4n) is 2.84. The number of aryl methyl sites for hydroxylation is 1. The van der Waals surface area contributed by atoms with Crippen LogP contribution in [-0.4, -0.2) is 21.9 Å². The molecule has 8 heteroatoms. The van der Waals surface area contributed by atoms with Crippen molar-refractivity contribution in [3.8, 4) is 6.07 Å². The standard InChI is InChI=1S/C16H18N4OS3/c1-3-10-4-5-11-12(7-17)15(24-13(11)6-10)18-14(21)8-22-16-20-19-9(2)23-16/h10H,3-6,8H2,1-2H3,(H,18,21)/t10-/m0/s1. The predicted molar refractivity (Wildman–Crippen MR) is 98.8 cm³/mol. The first-order valence-corrected chi connectivity index (χ1v) is 10.5. The number of nitrogens with one attached hydrogen (secondary N) is 1. The van der Waals surface area contributed by atoms with E-state index in [0.717, 1.165) is 34.2 Å². The summed E-state index contributed by atoms with van der Waals surface area (Å²) < 4.78 is 0.791. The fourth-order valence-corrected chi connectivity index (χ4v) is 5.78. The summed E-state index contributed by atoms with van der Waals surface area (Å²) in [5.41, 5.74) is 1.81. The van der Waals surface area contributed by atoms with Gasteiger partial charge in [-0.3, -0.25) is 4.79 Å². The van der Waals surface area contributed by atoms with Crippen molar-refractivity contribution in [2.24, 2.45) is 5.92 Å². The van der Waals surface area contributed by atoms with Gasteiger partial charge in [-0.15, -0.1) is 21.5 Å². The maximum atomic E-state index is 12.2. The minimum Gasteiger partial charge on any atom is -0.316 e. The van der Waals surface area contributed by atoms with Crippen LogP contribution in [0.4, 0.5) is 5.00 Å². The normalized spacial score (nSPS) is 16.5. The third kappa shape index (κ3) is 3.79. The Morgan fingerprint density at radius 3 is 2.96 bits per heavy atom. The molecule has 0 unspecified atom stereocenters. The van der Waals surface area contributed by atoms with Crippen LogP contribution in [0.15, 0.2) is 4.34 Å². The van der Waals surface area contributed by atoms with Crippen LogP contribution in [0.2, 0.25) is 0 Å². The molecule has 3 rings (SSSR count). The second-order valence-electron chi connectivity index (χ2n) is 5.76. The lowest BCUT2D eigenvalue weighted by Crippen LogP contribution is -2.14. The Kier molecular flexibility index (Phi) is 5.54.